The van der Waals surface area contributed by atoms with Crippen molar-refractivity contribution < 1.29 is 17.9 Å². The van der Waals surface area contributed by atoms with Crippen LogP contribution in [0.1, 0.15) is 0 Å². The molecule has 2 rings (SSSR count). The molecular weight excluding hydrogens is 393 g/mol. The van der Waals surface area contributed by atoms with Crippen LogP contribution in [-0.2, 0) is 0 Å². The summed E-state index contributed by atoms with van der Waals surface area (Å²) in [6.45, 7) is 0. The van der Waals surface area contributed by atoms with E-state index in [9.17, 15) is 13.2 Å². The van der Waals surface area contributed by atoms with Crippen LogP contribution in [0.4, 0.5) is 13.2 Å². The number of pyridine rings is 1. The SMILES string of the molecule is FC(F)(F)Oc1ccccc1-c1cnc(Cl)cc1I. The van der Waals surface area contributed by atoms with E-state index in [2.05, 4.69) is 9.72 Å². The number of nitrogens with zero attached hydrogens (tertiary/aromatic N) is 1. The topological polar surface area (TPSA) is 22.1 Å². The summed E-state index contributed by atoms with van der Waals surface area (Å²) in [5.41, 5.74) is 0.846. The van der Waals surface area contributed by atoms with Crippen molar-refractivity contribution >= 4 is 34.2 Å². The zero-order valence-corrected chi connectivity index (χ0v) is 12.1. The second-order valence-corrected chi connectivity index (χ2v) is 5.08. The molecule has 0 aliphatic heterocycles. The van der Waals surface area contributed by atoms with Gasteiger partial charge >= 0.3 is 6.36 Å². The monoisotopic (exact) mass is 399 g/mol. The van der Waals surface area contributed by atoms with Gasteiger partial charge in [-0.15, -0.1) is 13.2 Å². The summed E-state index contributed by atoms with van der Waals surface area (Å²) in [6, 6.07) is 7.47. The third kappa shape index (κ3) is 3.73. The summed E-state index contributed by atoms with van der Waals surface area (Å²) in [7, 11) is 0. The first-order chi connectivity index (χ1) is 8.87. The van der Waals surface area contributed by atoms with Gasteiger partial charge in [-0.1, -0.05) is 29.8 Å². The molecule has 19 heavy (non-hydrogen) atoms. The molecule has 1 aromatic heterocycles. The largest absolute Gasteiger partial charge is 0.573 e. The average Bonchev–Trinajstić information content (AvgIpc) is 2.28. The lowest BCUT2D eigenvalue weighted by Gasteiger charge is -2.14. The van der Waals surface area contributed by atoms with Crippen LogP contribution in [0.15, 0.2) is 36.5 Å². The summed E-state index contributed by atoms with van der Waals surface area (Å²) in [5, 5.41) is 0.280. The highest BCUT2D eigenvalue weighted by Gasteiger charge is 2.32. The van der Waals surface area contributed by atoms with Gasteiger partial charge in [-0.05, 0) is 34.7 Å². The molecule has 0 aliphatic rings. The van der Waals surface area contributed by atoms with Gasteiger partial charge in [-0.3, -0.25) is 0 Å². The number of alkyl halides is 3. The Bertz CT molecular complexity index is 604. The number of rotatable bonds is 2. The smallest absolute Gasteiger partial charge is 0.405 e. The molecule has 0 bridgehead atoms. The Kier molecular flexibility index (Phi) is 4.19. The van der Waals surface area contributed by atoms with Crippen molar-refractivity contribution in [1.82, 2.24) is 4.98 Å². The van der Waals surface area contributed by atoms with Crippen molar-refractivity contribution in [2.45, 2.75) is 6.36 Å². The molecular formula is C12H6ClF3INO. The van der Waals surface area contributed by atoms with Crippen molar-refractivity contribution in [2.24, 2.45) is 0 Å². The molecule has 1 aromatic carbocycles. The van der Waals surface area contributed by atoms with Crippen molar-refractivity contribution in [2.75, 3.05) is 0 Å². The number of hydrogen-bond acceptors (Lipinski definition) is 2. The lowest BCUT2D eigenvalue weighted by molar-refractivity contribution is -0.274. The Hall–Kier alpha value is -1.02. The molecule has 2 aromatic rings. The van der Waals surface area contributed by atoms with Crippen LogP contribution in [0, 0.1) is 3.57 Å². The minimum Gasteiger partial charge on any atom is -0.405 e. The van der Waals surface area contributed by atoms with E-state index in [-0.39, 0.29) is 10.9 Å². The molecule has 0 unspecified atom stereocenters. The van der Waals surface area contributed by atoms with Crippen molar-refractivity contribution in [3.8, 4) is 16.9 Å². The minimum atomic E-state index is -4.73. The fraction of sp³-hybridized carbons (Fsp3) is 0.0833. The number of hydrogen-bond donors (Lipinski definition) is 0. The van der Waals surface area contributed by atoms with E-state index < -0.39 is 6.36 Å². The van der Waals surface area contributed by atoms with E-state index in [1.807, 2.05) is 22.6 Å². The Balaban J connectivity index is 2.50. The number of aromatic nitrogens is 1. The average molecular weight is 400 g/mol. The molecule has 0 radical (unpaired) electrons. The van der Waals surface area contributed by atoms with Crippen molar-refractivity contribution in [3.63, 3.8) is 0 Å². The van der Waals surface area contributed by atoms with Gasteiger partial charge in [0.05, 0.1) is 0 Å². The van der Waals surface area contributed by atoms with E-state index in [0.29, 0.717) is 14.7 Å². The number of ether oxygens (including phenoxy) is 1. The van der Waals surface area contributed by atoms with Crippen LogP contribution in [0.5, 0.6) is 5.75 Å². The van der Waals surface area contributed by atoms with E-state index in [0.717, 1.165) is 0 Å². The van der Waals surface area contributed by atoms with Gasteiger partial charge in [0.25, 0.3) is 0 Å². The molecule has 0 amide bonds. The Morgan fingerprint density at radius 2 is 1.84 bits per heavy atom. The van der Waals surface area contributed by atoms with Crippen LogP contribution in [0.3, 0.4) is 0 Å². The molecule has 100 valence electrons. The molecule has 0 atom stereocenters. The fourth-order valence-corrected chi connectivity index (χ4v) is 2.58. The van der Waals surface area contributed by atoms with Gasteiger partial charge in [0.2, 0.25) is 0 Å². The predicted molar refractivity (Wildman–Crippen MR) is 74.1 cm³/mol. The third-order valence-corrected chi connectivity index (χ3v) is 3.32. The van der Waals surface area contributed by atoms with E-state index >= 15 is 0 Å². The van der Waals surface area contributed by atoms with Crippen LogP contribution in [0.25, 0.3) is 11.1 Å². The summed E-state index contributed by atoms with van der Waals surface area (Å²) in [5.74, 6) is -0.267. The summed E-state index contributed by atoms with van der Waals surface area (Å²) in [4.78, 5) is 3.88. The first kappa shape index (κ1) is 14.4. The molecule has 1 heterocycles. The second kappa shape index (κ2) is 5.54. The number of benzene rings is 1. The van der Waals surface area contributed by atoms with E-state index in [1.54, 1.807) is 12.1 Å². The number of para-hydroxylation sites is 1. The quantitative estimate of drug-likeness (QED) is 0.529. The summed E-state index contributed by atoms with van der Waals surface area (Å²) < 4.78 is 41.7. The summed E-state index contributed by atoms with van der Waals surface area (Å²) >= 11 is 7.71. The van der Waals surface area contributed by atoms with Gasteiger partial charge in [-0.2, -0.15) is 0 Å². The molecule has 0 spiro atoms. The standard InChI is InChI=1S/C12H6ClF3INO/c13-11-5-9(17)8(6-18-11)7-3-1-2-4-10(7)19-12(14,15)16/h1-6H. The Morgan fingerprint density at radius 3 is 2.47 bits per heavy atom. The van der Waals surface area contributed by atoms with Gasteiger partial charge in [0.1, 0.15) is 10.9 Å². The van der Waals surface area contributed by atoms with Crippen LogP contribution < -0.4 is 4.74 Å². The first-order valence-electron chi connectivity index (χ1n) is 5.03. The first-order valence-corrected chi connectivity index (χ1v) is 6.49. The van der Waals surface area contributed by atoms with Gasteiger partial charge in [0, 0.05) is 20.9 Å². The van der Waals surface area contributed by atoms with Gasteiger partial charge in [0.15, 0.2) is 0 Å². The van der Waals surface area contributed by atoms with Crippen molar-refractivity contribution in [3.05, 3.63) is 45.3 Å². The van der Waals surface area contributed by atoms with Crippen LogP contribution in [0.2, 0.25) is 5.15 Å². The van der Waals surface area contributed by atoms with E-state index in [1.165, 1.54) is 24.4 Å². The molecule has 0 N–H and O–H groups in total. The van der Waals surface area contributed by atoms with E-state index in [4.69, 9.17) is 11.6 Å². The van der Waals surface area contributed by atoms with Crippen LogP contribution in [-0.4, -0.2) is 11.3 Å². The van der Waals surface area contributed by atoms with Crippen molar-refractivity contribution in [1.29, 1.82) is 0 Å². The third-order valence-electron chi connectivity index (χ3n) is 2.22. The zero-order chi connectivity index (χ0) is 14.0. The lowest BCUT2D eigenvalue weighted by Crippen LogP contribution is -2.17. The molecule has 2 nitrogen and oxygen atoms in total. The highest BCUT2D eigenvalue weighted by molar-refractivity contribution is 14.1. The maximum Gasteiger partial charge on any atom is 0.573 e. The Labute approximate surface area is 125 Å². The second-order valence-electron chi connectivity index (χ2n) is 3.53. The predicted octanol–water partition coefficient (Wildman–Crippen LogP) is 4.91. The summed E-state index contributed by atoms with van der Waals surface area (Å²) in [6.07, 6.45) is -3.32. The minimum absolute atomic E-state index is 0.267. The molecule has 0 fully saturated rings. The highest BCUT2D eigenvalue weighted by atomic mass is 127. The van der Waals surface area contributed by atoms with Crippen LogP contribution >= 0.6 is 34.2 Å². The zero-order valence-electron chi connectivity index (χ0n) is 9.21. The maximum absolute atomic E-state index is 12.3. The molecule has 0 aliphatic carbocycles. The fourth-order valence-electron chi connectivity index (χ4n) is 1.51. The highest BCUT2D eigenvalue weighted by Crippen LogP contribution is 2.35. The van der Waals surface area contributed by atoms with Gasteiger partial charge in [-0.25, -0.2) is 4.98 Å². The maximum atomic E-state index is 12.3. The normalized spacial score (nSPS) is 11.4. The molecule has 0 saturated heterocycles. The molecule has 0 saturated carbocycles. The molecule has 7 heteroatoms. The van der Waals surface area contributed by atoms with Gasteiger partial charge < -0.3 is 4.74 Å². The number of halogens is 5. The lowest BCUT2D eigenvalue weighted by atomic mass is 10.1. The Morgan fingerprint density at radius 1 is 1.16 bits per heavy atom.